The van der Waals surface area contributed by atoms with Gasteiger partial charge in [-0.05, 0) is 40.0 Å². The minimum atomic E-state index is -1.45. The summed E-state index contributed by atoms with van der Waals surface area (Å²) in [7, 11) is -0.0824. The fourth-order valence-corrected chi connectivity index (χ4v) is 3.48. The maximum absolute atomic E-state index is 12.6. The second-order valence-corrected chi connectivity index (χ2v) is 13.1. The Morgan fingerprint density at radius 1 is 1.25 bits per heavy atom. The predicted octanol–water partition coefficient (Wildman–Crippen LogP) is 3.59. The van der Waals surface area contributed by atoms with Crippen LogP contribution in [0.5, 0.6) is 0 Å². The average Bonchev–Trinajstić information content (AvgIpc) is 2.85. The molecule has 0 saturated carbocycles. The minimum absolute atomic E-state index is 0.374. The summed E-state index contributed by atoms with van der Waals surface area (Å²) < 4.78 is 10.5. The van der Waals surface area contributed by atoms with Crippen LogP contribution >= 0.6 is 0 Å². The molecule has 1 unspecified atom stereocenters. The molecule has 24 heavy (non-hydrogen) atoms. The van der Waals surface area contributed by atoms with Crippen molar-refractivity contribution in [1.29, 1.82) is 0 Å². The standard InChI is InChI=1S/C18H31NO4Si/c1-17(2,3)23-16(21)19-13-10-12-18(19,15(20)22-4)11-8-9-14-24(5,6)7/h8,10-13H2,1-7H3. The molecular formula is C18H31NO4Si. The zero-order chi connectivity index (χ0) is 18.6. The molecule has 0 N–H and O–H groups in total. The van der Waals surface area contributed by atoms with Crippen LogP contribution < -0.4 is 0 Å². The predicted molar refractivity (Wildman–Crippen MR) is 97.3 cm³/mol. The number of carbonyl (C=O) groups is 2. The Morgan fingerprint density at radius 2 is 1.88 bits per heavy atom. The molecular weight excluding hydrogens is 322 g/mol. The SMILES string of the molecule is COC(=O)C1(CCC#C[Si](C)(C)C)CCCN1C(=O)OC(C)(C)C. The van der Waals surface area contributed by atoms with Crippen molar-refractivity contribution in [3.8, 4) is 11.5 Å². The first-order chi connectivity index (χ1) is 10.9. The molecule has 1 heterocycles. The topological polar surface area (TPSA) is 55.8 Å². The van der Waals surface area contributed by atoms with Gasteiger partial charge in [0.05, 0.1) is 7.11 Å². The summed E-state index contributed by atoms with van der Waals surface area (Å²) in [5, 5.41) is 0. The Bertz CT molecular complexity index is 536. The number of nitrogens with zero attached hydrogens (tertiary/aromatic N) is 1. The molecule has 1 atom stereocenters. The number of carbonyl (C=O) groups excluding carboxylic acids is 2. The molecule has 136 valence electrons. The van der Waals surface area contributed by atoms with E-state index in [2.05, 4.69) is 31.1 Å². The van der Waals surface area contributed by atoms with Crippen LogP contribution in [0.15, 0.2) is 0 Å². The summed E-state index contributed by atoms with van der Waals surface area (Å²) in [5.74, 6) is 2.81. The molecule has 1 aliphatic heterocycles. The zero-order valence-corrected chi connectivity index (χ0v) is 17.1. The summed E-state index contributed by atoms with van der Waals surface area (Å²) in [6.07, 6.45) is 1.95. The molecule has 0 radical (unpaired) electrons. The number of methoxy groups -OCH3 is 1. The van der Waals surface area contributed by atoms with Gasteiger partial charge in [0.25, 0.3) is 0 Å². The largest absolute Gasteiger partial charge is 0.467 e. The van der Waals surface area contributed by atoms with E-state index in [1.807, 2.05) is 20.8 Å². The molecule has 1 fully saturated rings. The van der Waals surface area contributed by atoms with E-state index in [1.165, 1.54) is 7.11 Å². The van der Waals surface area contributed by atoms with Crippen molar-refractivity contribution < 1.29 is 19.1 Å². The van der Waals surface area contributed by atoms with E-state index in [0.29, 0.717) is 25.8 Å². The molecule has 1 rings (SSSR count). The molecule has 6 heteroatoms. The van der Waals surface area contributed by atoms with Crippen molar-refractivity contribution in [2.24, 2.45) is 0 Å². The Morgan fingerprint density at radius 3 is 2.38 bits per heavy atom. The third-order valence-electron chi connectivity index (χ3n) is 3.79. The Kier molecular flexibility index (Phi) is 6.51. The van der Waals surface area contributed by atoms with Crippen molar-refractivity contribution in [3.05, 3.63) is 0 Å². The highest BCUT2D eigenvalue weighted by molar-refractivity contribution is 6.83. The lowest BCUT2D eigenvalue weighted by Crippen LogP contribution is -2.54. The van der Waals surface area contributed by atoms with Gasteiger partial charge < -0.3 is 9.47 Å². The van der Waals surface area contributed by atoms with Gasteiger partial charge in [0.1, 0.15) is 19.2 Å². The number of esters is 1. The van der Waals surface area contributed by atoms with Gasteiger partial charge in [0.15, 0.2) is 0 Å². The van der Waals surface area contributed by atoms with Crippen molar-refractivity contribution in [3.63, 3.8) is 0 Å². The van der Waals surface area contributed by atoms with Crippen LogP contribution in [0.4, 0.5) is 4.79 Å². The zero-order valence-electron chi connectivity index (χ0n) is 16.1. The smallest absolute Gasteiger partial charge is 0.411 e. The van der Waals surface area contributed by atoms with E-state index < -0.39 is 25.3 Å². The molecule has 1 aliphatic rings. The van der Waals surface area contributed by atoms with E-state index in [4.69, 9.17) is 9.47 Å². The van der Waals surface area contributed by atoms with Gasteiger partial charge in [-0.3, -0.25) is 4.90 Å². The molecule has 0 aromatic rings. The van der Waals surface area contributed by atoms with Gasteiger partial charge in [-0.15, -0.1) is 11.5 Å². The Labute approximate surface area is 147 Å². The average molecular weight is 354 g/mol. The molecule has 0 aromatic heterocycles. The van der Waals surface area contributed by atoms with Crippen molar-refractivity contribution in [1.82, 2.24) is 4.90 Å². The minimum Gasteiger partial charge on any atom is -0.467 e. The molecule has 5 nitrogen and oxygen atoms in total. The normalized spacial score (nSPS) is 21.0. The van der Waals surface area contributed by atoms with Crippen molar-refractivity contribution >= 4 is 20.1 Å². The van der Waals surface area contributed by atoms with Gasteiger partial charge >= 0.3 is 12.1 Å². The highest BCUT2D eigenvalue weighted by Crippen LogP contribution is 2.36. The maximum Gasteiger partial charge on any atom is 0.411 e. The first-order valence-corrected chi connectivity index (χ1v) is 12.0. The summed E-state index contributed by atoms with van der Waals surface area (Å²) in [5.41, 5.74) is 1.75. The number of rotatable bonds is 3. The van der Waals surface area contributed by atoms with E-state index >= 15 is 0 Å². The lowest BCUT2D eigenvalue weighted by molar-refractivity contribution is -0.153. The second-order valence-electron chi connectivity index (χ2n) is 8.31. The number of likely N-dealkylation sites (tertiary alicyclic amines) is 1. The first-order valence-electron chi connectivity index (χ1n) is 8.50. The highest BCUT2D eigenvalue weighted by atomic mass is 28.3. The highest BCUT2D eigenvalue weighted by Gasteiger charge is 2.51. The summed E-state index contributed by atoms with van der Waals surface area (Å²) >= 11 is 0. The van der Waals surface area contributed by atoms with E-state index in [-0.39, 0.29) is 5.97 Å². The summed E-state index contributed by atoms with van der Waals surface area (Å²) in [6, 6.07) is 0. The van der Waals surface area contributed by atoms with Gasteiger partial charge in [-0.25, -0.2) is 9.59 Å². The monoisotopic (exact) mass is 353 g/mol. The van der Waals surface area contributed by atoms with Crippen LogP contribution in [0.3, 0.4) is 0 Å². The number of ether oxygens (including phenoxy) is 2. The van der Waals surface area contributed by atoms with Crippen molar-refractivity contribution in [2.75, 3.05) is 13.7 Å². The molecule has 0 aromatic carbocycles. The van der Waals surface area contributed by atoms with Crippen molar-refractivity contribution in [2.45, 2.75) is 77.2 Å². The molecule has 1 amide bonds. The molecule has 0 bridgehead atoms. The van der Waals surface area contributed by atoms with Crippen LogP contribution in [0.25, 0.3) is 0 Å². The summed E-state index contributed by atoms with van der Waals surface area (Å²) in [6.45, 7) is 12.5. The fraction of sp³-hybridized carbons (Fsp3) is 0.778. The van der Waals surface area contributed by atoms with Gasteiger partial charge in [0.2, 0.25) is 0 Å². The van der Waals surface area contributed by atoms with E-state index in [1.54, 1.807) is 4.90 Å². The number of hydrogen-bond acceptors (Lipinski definition) is 4. The van der Waals surface area contributed by atoms with E-state index in [9.17, 15) is 9.59 Å². The Balaban J connectivity index is 2.98. The quantitative estimate of drug-likeness (QED) is 0.442. The second kappa shape index (κ2) is 7.60. The van der Waals surface area contributed by atoms with Crippen LogP contribution in [0.1, 0.15) is 46.5 Å². The number of hydrogen-bond donors (Lipinski definition) is 0. The lowest BCUT2D eigenvalue weighted by atomic mass is 9.90. The van der Waals surface area contributed by atoms with Crippen LogP contribution in [0, 0.1) is 11.5 Å². The molecule has 0 aliphatic carbocycles. The third kappa shape index (κ3) is 5.55. The number of amides is 1. The van der Waals surface area contributed by atoms with Gasteiger partial charge in [0, 0.05) is 13.0 Å². The molecule has 0 spiro atoms. The molecule has 1 saturated heterocycles. The Hall–Kier alpha value is -1.48. The van der Waals surface area contributed by atoms with Crippen LogP contribution in [-0.4, -0.2) is 49.8 Å². The van der Waals surface area contributed by atoms with Gasteiger partial charge in [-0.2, -0.15) is 0 Å². The fourth-order valence-electron chi connectivity index (χ4n) is 2.82. The van der Waals surface area contributed by atoms with Crippen LogP contribution in [-0.2, 0) is 14.3 Å². The van der Waals surface area contributed by atoms with E-state index in [0.717, 1.165) is 6.42 Å². The maximum atomic E-state index is 12.6. The third-order valence-corrected chi connectivity index (χ3v) is 4.72. The first kappa shape index (κ1) is 20.6. The van der Waals surface area contributed by atoms with Gasteiger partial charge in [-0.1, -0.05) is 19.6 Å². The van der Waals surface area contributed by atoms with Crippen LogP contribution in [0.2, 0.25) is 19.6 Å². The summed E-state index contributed by atoms with van der Waals surface area (Å²) in [4.78, 5) is 26.6. The lowest BCUT2D eigenvalue weighted by Gasteiger charge is -2.36.